The Labute approximate surface area is 98.0 Å². The summed E-state index contributed by atoms with van der Waals surface area (Å²) in [5.41, 5.74) is 2.30. The number of nitrogens with two attached hydrogens (primary N) is 1. The molecule has 0 radical (unpaired) electrons. The normalized spacial score (nSPS) is 9.65. The molecule has 1 rings (SSSR count). The molecule has 17 heavy (non-hydrogen) atoms. The lowest BCUT2D eigenvalue weighted by molar-refractivity contribution is 0.0950. The molecule has 7 heteroatoms. The fraction of sp³-hybridized carbons (Fsp3) is 0.300. The zero-order valence-corrected chi connectivity index (χ0v) is 9.01. The highest BCUT2D eigenvalue weighted by atomic mass is 16.3. The number of carbonyl (C=O) groups excluding carboxylic acids is 1. The maximum atomic E-state index is 11.3. The Balaban J connectivity index is 2.80. The Hall–Kier alpha value is -2.35. The van der Waals surface area contributed by atoms with Crippen LogP contribution in [-0.2, 0) is 6.54 Å². The van der Waals surface area contributed by atoms with Gasteiger partial charge in [-0.3, -0.25) is 15.1 Å². The highest BCUT2D eigenvalue weighted by molar-refractivity contribution is 5.94. The van der Waals surface area contributed by atoms with Crippen LogP contribution in [0.4, 0.5) is 0 Å². The van der Waals surface area contributed by atoms with Gasteiger partial charge in [0.1, 0.15) is 5.76 Å². The molecular weight excluding hydrogens is 222 g/mol. The molecule has 0 fully saturated rings. The van der Waals surface area contributed by atoms with Gasteiger partial charge in [-0.2, -0.15) is 10.5 Å². The fourth-order valence-corrected chi connectivity index (χ4v) is 1.31. The minimum atomic E-state index is -0.470. The largest absolute Gasteiger partial charge is 0.467 e. The van der Waals surface area contributed by atoms with Gasteiger partial charge in [-0.1, -0.05) is 0 Å². The Morgan fingerprint density at radius 2 is 2.12 bits per heavy atom. The monoisotopic (exact) mass is 233 g/mol. The van der Waals surface area contributed by atoms with Crippen LogP contribution in [0.1, 0.15) is 16.1 Å². The molecule has 1 heterocycles. The van der Waals surface area contributed by atoms with Gasteiger partial charge in [0, 0.05) is 0 Å². The van der Waals surface area contributed by atoms with Gasteiger partial charge in [0.05, 0.1) is 43.6 Å². The van der Waals surface area contributed by atoms with Crippen LogP contribution >= 0.6 is 0 Å². The molecule has 0 aliphatic carbocycles. The first-order chi connectivity index (χ1) is 8.22. The second-order valence-corrected chi connectivity index (χ2v) is 3.19. The Kier molecular flexibility index (Phi) is 4.70. The standard InChI is InChI=1S/C10H11N5O2/c11-2-4-15(5-3-12)7-9-8(1-6-17-9)10(16)14-13/h1,6H,4-5,7,13H2,(H,14,16). The number of hydrazine groups is 1. The maximum Gasteiger partial charge on any atom is 0.268 e. The third-order valence-corrected chi connectivity index (χ3v) is 2.08. The van der Waals surface area contributed by atoms with Crippen molar-refractivity contribution in [1.29, 1.82) is 10.5 Å². The van der Waals surface area contributed by atoms with E-state index in [-0.39, 0.29) is 19.6 Å². The number of carbonyl (C=O) groups is 1. The van der Waals surface area contributed by atoms with Crippen molar-refractivity contribution in [3.05, 3.63) is 23.7 Å². The zero-order chi connectivity index (χ0) is 12.7. The molecule has 0 unspecified atom stereocenters. The Morgan fingerprint density at radius 3 is 2.65 bits per heavy atom. The number of nitriles is 2. The van der Waals surface area contributed by atoms with Crippen molar-refractivity contribution in [2.45, 2.75) is 6.54 Å². The van der Waals surface area contributed by atoms with Crippen LogP contribution in [0.5, 0.6) is 0 Å². The van der Waals surface area contributed by atoms with E-state index in [1.807, 2.05) is 17.6 Å². The predicted molar refractivity (Wildman–Crippen MR) is 56.9 cm³/mol. The van der Waals surface area contributed by atoms with Crippen molar-refractivity contribution in [3.63, 3.8) is 0 Å². The molecular formula is C10H11N5O2. The summed E-state index contributed by atoms with van der Waals surface area (Å²) in [6, 6.07) is 5.35. The molecule has 0 saturated heterocycles. The van der Waals surface area contributed by atoms with E-state index in [2.05, 4.69) is 0 Å². The summed E-state index contributed by atoms with van der Waals surface area (Å²) in [5, 5.41) is 17.2. The van der Waals surface area contributed by atoms with E-state index >= 15 is 0 Å². The number of hydrogen-bond donors (Lipinski definition) is 2. The second kappa shape index (κ2) is 6.28. The smallest absolute Gasteiger partial charge is 0.268 e. The zero-order valence-electron chi connectivity index (χ0n) is 9.01. The average Bonchev–Trinajstić information content (AvgIpc) is 2.77. The van der Waals surface area contributed by atoms with E-state index in [1.54, 1.807) is 4.90 Å². The quantitative estimate of drug-likeness (QED) is 0.313. The number of furan rings is 1. The van der Waals surface area contributed by atoms with Crippen LogP contribution in [0.2, 0.25) is 0 Å². The van der Waals surface area contributed by atoms with Crippen LogP contribution in [0, 0.1) is 22.7 Å². The van der Waals surface area contributed by atoms with E-state index in [9.17, 15) is 4.79 Å². The molecule has 1 aromatic rings. The number of rotatable bonds is 5. The van der Waals surface area contributed by atoms with Crippen LogP contribution in [-0.4, -0.2) is 23.9 Å². The predicted octanol–water partition coefficient (Wildman–Crippen LogP) is -0.268. The van der Waals surface area contributed by atoms with Crippen molar-refractivity contribution < 1.29 is 9.21 Å². The van der Waals surface area contributed by atoms with Crippen molar-refractivity contribution in [2.24, 2.45) is 5.84 Å². The molecule has 1 aromatic heterocycles. The highest BCUT2D eigenvalue weighted by Gasteiger charge is 2.16. The van der Waals surface area contributed by atoms with Crippen molar-refractivity contribution in [1.82, 2.24) is 10.3 Å². The molecule has 0 spiro atoms. The molecule has 88 valence electrons. The number of amides is 1. The van der Waals surface area contributed by atoms with Crippen LogP contribution < -0.4 is 11.3 Å². The molecule has 0 bridgehead atoms. The molecule has 0 saturated carbocycles. The number of nitrogen functional groups attached to an aromatic ring is 1. The Morgan fingerprint density at radius 1 is 1.47 bits per heavy atom. The number of hydrogen-bond acceptors (Lipinski definition) is 6. The highest BCUT2D eigenvalue weighted by Crippen LogP contribution is 2.12. The molecule has 1 amide bonds. The van der Waals surface area contributed by atoms with Gasteiger partial charge in [0.2, 0.25) is 0 Å². The van der Waals surface area contributed by atoms with Crippen LogP contribution in [0.25, 0.3) is 0 Å². The minimum Gasteiger partial charge on any atom is -0.467 e. The molecule has 0 aromatic carbocycles. The van der Waals surface area contributed by atoms with Gasteiger partial charge >= 0.3 is 0 Å². The molecule has 0 aliphatic rings. The number of nitrogens with zero attached hydrogens (tertiary/aromatic N) is 3. The summed E-state index contributed by atoms with van der Waals surface area (Å²) in [4.78, 5) is 12.9. The number of nitrogens with one attached hydrogen (secondary N) is 1. The first-order valence-corrected chi connectivity index (χ1v) is 4.76. The molecule has 0 aliphatic heterocycles. The van der Waals surface area contributed by atoms with Crippen molar-refractivity contribution >= 4 is 5.91 Å². The molecule has 7 nitrogen and oxygen atoms in total. The second-order valence-electron chi connectivity index (χ2n) is 3.19. The summed E-state index contributed by atoms with van der Waals surface area (Å²) in [6.07, 6.45) is 1.36. The van der Waals surface area contributed by atoms with Gasteiger partial charge in [-0.05, 0) is 6.07 Å². The van der Waals surface area contributed by atoms with E-state index < -0.39 is 5.91 Å². The maximum absolute atomic E-state index is 11.3. The summed E-state index contributed by atoms with van der Waals surface area (Å²) in [6.45, 7) is 0.368. The SMILES string of the molecule is N#CCN(CC#N)Cc1occc1C(=O)NN. The van der Waals surface area contributed by atoms with Gasteiger partial charge in [-0.15, -0.1) is 0 Å². The lowest BCUT2D eigenvalue weighted by Crippen LogP contribution is -2.31. The summed E-state index contributed by atoms with van der Waals surface area (Å²) >= 11 is 0. The van der Waals surface area contributed by atoms with Gasteiger partial charge in [-0.25, -0.2) is 5.84 Å². The van der Waals surface area contributed by atoms with Crippen molar-refractivity contribution in [2.75, 3.05) is 13.1 Å². The summed E-state index contributed by atoms with van der Waals surface area (Å²) < 4.78 is 5.13. The van der Waals surface area contributed by atoms with Crippen molar-refractivity contribution in [3.8, 4) is 12.1 Å². The average molecular weight is 233 g/mol. The lowest BCUT2D eigenvalue weighted by atomic mass is 10.2. The fourth-order valence-electron chi connectivity index (χ4n) is 1.31. The van der Waals surface area contributed by atoms with E-state index in [0.29, 0.717) is 11.3 Å². The van der Waals surface area contributed by atoms with Gasteiger partial charge < -0.3 is 4.42 Å². The van der Waals surface area contributed by atoms with Crippen LogP contribution in [0.15, 0.2) is 16.7 Å². The summed E-state index contributed by atoms with van der Waals surface area (Å²) in [5.74, 6) is 4.92. The van der Waals surface area contributed by atoms with E-state index in [0.717, 1.165) is 0 Å². The third-order valence-electron chi connectivity index (χ3n) is 2.08. The van der Waals surface area contributed by atoms with E-state index in [4.69, 9.17) is 20.8 Å². The summed E-state index contributed by atoms with van der Waals surface area (Å²) in [7, 11) is 0. The minimum absolute atomic E-state index is 0.0813. The molecule has 0 atom stereocenters. The van der Waals surface area contributed by atoms with Gasteiger partial charge in [0.15, 0.2) is 0 Å². The first kappa shape index (κ1) is 12.7. The van der Waals surface area contributed by atoms with Crippen LogP contribution in [0.3, 0.4) is 0 Å². The molecule has 3 N–H and O–H groups in total. The topological polar surface area (TPSA) is 119 Å². The Bertz CT molecular complexity index is 452. The third kappa shape index (κ3) is 3.31. The van der Waals surface area contributed by atoms with E-state index in [1.165, 1.54) is 12.3 Å². The van der Waals surface area contributed by atoms with Gasteiger partial charge in [0.25, 0.3) is 5.91 Å². The first-order valence-electron chi connectivity index (χ1n) is 4.76. The lowest BCUT2D eigenvalue weighted by Gasteiger charge is -2.13.